The summed E-state index contributed by atoms with van der Waals surface area (Å²) in [4.78, 5) is 16.9. The molecule has 4 N–H and O–H groups in total. The van der Waals surface area contributed by atoms with Crippen LogP contribution in [0.1, 0.15) is 37.3 Å². The van der Waals surface area contributed by atoms with E-state index in [4.69, 9.17) is 10.5 Å². The van der Waals surface area contributed by atoms with Crippen LogP contribution in [-0.2, 0) is 16.8 Å². The maximum atomic E-state index is 12.8. The number of amides is 1. The van der Waals surface area contributed by atoms with Gasteiger partial charge in [0.1, 0.15) is 11.3 Å². The second-order valence-electron chi connectivity index (χ2n) is 7.67. The fourth-order valence-electron chi connectivity index (χ4n) is 4.05. The molecule has 1 unspecified atom stereocenters. The lowest BCUT2D eigenvalue weighted by Gasteiger charge is -2.34. The first-order valence-electron chi connectivity index (χ1n) is 10.5. The highest BCUT2D eigenvalue weighted by Crippen LogP contribution is 2.28. The van der Waals surface area contributed by atoms with Crippen molar-refractivity contribution in [3.63, 3.8) is 0 Å². The Morgan fingerprint density at radius 2 is 1.90 bits per heavy atom. The van der Waals surface area contributed by atoms with Gasteiger partial charge in [-0.05, 0) is 87.1 Å². The Hall–Kier alpha value is -2.44. The van der Waals surface area contributed by atoms with E-state index < -0.39 is 5.54 Å². The van der Waals surface area contributed by atoms with Crippen molar-refractivity contribution in [2.24, 2.45) is 11.7 Å². The molecule has 0 radical (unpaired) electrons. The van der Waals surface area contributed by atoms with Crippen LogP contribution in [0.25, 0.3) is 0 Å². The predicted octanol–water partition coefficient (Wildman–Crippen LogP) is 2.38. The number of nitrogens with one attached hydrogen (secondary N) is 2. The summed E-state index contributed by atoms with van der Waals surface area (Å²) in [6, 6.07) is 11.5. The van der Waals surface area contributed by atoms with Crippen molar-refractivity contribution >= 4 is 5.91 Å². The maximum absolute atomic E-state index is 12.8. The van der Waals surface area contributed by atoms with Gasteiger partial charge in [0.15, 0.2) is 0 Å². The Kier molecular flexibility index (Phi) is 7.61. The molecule has 156 valence electrons. The molecule has 1 saturated heterocycles. The molecule has 29 heavy (non-hydrogen) atoms. The van der Waals surface area contributed by atoms with Crippen LogP contribution in [0.2, 0.25) is 0 Å². The molecule has 1 aromatic heterocycles. The molecule has 6 nitrogen and oxygen atoms in total. The van der Waals surface area contributed by atoms with Crippen LogP contribution in [0.4, 0.5) is 0 Å². The van der Waals surface area contributed by atoms with Gasteiger partial charge in [-0.15, -0.1) is 0 Å². The first-order valence-corrected chi connectivity index (χ1v) is 10.5. The average molecular weight is 397 g/mol. The van der Waals surface area contributed by atoms with Crippen molar-refractivity contribution in [2.45, 2.75) is 38.1 Å². The number of primary amides is 1. The number of carbonyl (C=O) groups is 1. The highest BCUT2D eigenvalue weighted by molar-refractivity contribution is 5.86. The second-order valence-corrected chi connectivity index (χ2v) is 7.67. The molecule has 6 heteroatoms. The summed E-state index contributed by atoms with van der Waals surface area (Å²) in [5.74, 6) is 1.09. The smallest absolute Gasteiger partial charge is 0.242 e. The zero-order valence-corrected chi connectivity index (χ0v) is 17.2. The van der Waals surface area contributed by atoms with E-state index in [0.29, 0.717) is 18.9 Å². The molecular weight excluding hydrogens is 364 g/mol. The summed E-state index contributed by atoms with van der Waals surface area (Å²) >= 11 is 0. The lowest BCUT2D eigenvalue weighted by molar-refractivity contribution is -0.124. The Morgan fingerprint density at radius 1 is 1.21 bits per heavy atom. The third kappa shape index (κ3) is 5.55. The molecule has 1 fully saturated rings. The summed E-state index contributed by atoms with van der Waals surface area (Å²) in [6.07, 6.45) is 7.36. The molecule has 2 heterocycles. The third-order valence-electron chi connectivity index (χ3n) is 5.74. The van der Waals surface area contributed by atoms with Gasteiger partial charge in [-0.25, -0.2) is 0 Å². The minimum Gasteiger partial charge on any atom is -0.494 e. The lowest BCUT2D eigenvalue weighted by atomic mass is 9.82. The number of nitrogens with two attached hydrogens (primary N) is 1. The van der Waals surface area contributed by atoms with Crippen molar-refractivity contribution in [1.29, 1.82) is 0 Å². The lowest BCUT2D eigenvalue weighted by Crippen LogP contribution is -2.54. The predicted molar refractivity (Wildman–Crippen MR) is 115 cm³/mol. The zero-order chi connectivity index (χ0) is 20.5. The number of ether oxygens (including phenoxy) is 1. The van der Waals surface area contributed by atoms with Crippen molar-refractivity contribution in [3.8, 4) is 5.75 Å². The molecule has 0 spiro atoms. The standard InChI is InChI=1S/C23H32N4O2/c1-2-29-21-5-3-20(4-6-21)23(22(24)28,17-19-9-14-26-15-10-19)27-16-11-18-7-12-25-13-8-18/h3-6,9-10,14-15,18,25,27H,2,7-8,11-13,16-17H2,1H3,(H2,24,28). The summed E-state index contributed by atoms with van der Waals surface area (Å²) in [5, 5.41) is 6.94. The van der Waals surface area contributed by atoms with Gasteiger partial charge in [-0.2, -0.15) is 0 Å². The van der Waals surface area contributed by atoms with Crippen molar-refractivity contribution in [3.05, 3.63) is 59.9 Å². The SMILES string of the molecule is CCOc1ccc(C(Cc2ccncc2)(NCCC2CCNCC2)C(N)=O)cc1. The largest absolute Gasteiger partial charge is 0.494 e. The second kappa shape index (κ2) is 10.4. The first-order chi connectivity index (χ1) is 14.1. The first kappa shape index (κ1) is 21.3. The van der Waals surface area contributed by atoms with Gasteiger partial charge in [0.05, 0.1) is 6.61 Å². The Bertz CT molecular complexity index is 760. The van der Waals surface area contributed by atoms with Crippen LogP contribution < -0.4 is 21.1 Å². The molecule has 2 aromatic rings. The number of hydrogen-bond acceptors (Lipinski definition) is 5. The third-order valence-corrected chi connectivity index (χ3v) is 5.74. The Balaban J connectivity index is 1.83. The zero-order valence-electron chi connectivity index (χ0n) is 17.2. The number of rotatable bonds is 10. The molecule has 1 aliphatic rings. The summed E-state index contributed by atoms with van der Waals surface area (Å²) in [7, 11) is 0. The van der Waals surface area contributed by atoms with E-state index in [0.717, 1.165) is 42.9 Å². The van der Waals surface area contributed by atoms with Gasteiger partial charge in [-0.1, -0.05) is 12.1 Å². The quantitative estimate of drug-likeness (QED) is 0.574. The van der Waals surface area contributed by atoms with E-state index in [-0.39, 0.29) is 5.91 Å². The van der Waals surface area contributed by atoms with E-state index in [2.05, 4.69) is 15.6 Å². The van der Waals surface area contributed by atoms with Crippen LogP contribution in [0.5, 0.6) is 5.75 Å². The van der Waals surface area contributed by atoms with E-state index in [1.165, 1.54) is 12.8 Å². The highest BCUT2D eigenvalue weighted by Gasteiger charge is 2.38. The van der Waals surface area contributed by atoms with E-state index in [1.54, 1.807) is 12.4 Å². The van der Waals surface area contributed by atoms with Crippen molar-refractivity contribution in [1.82, 2.24) is 15.6 Å². The highest BCUT2D eigenvalue weighted by atomic mass is 16.5. The number of nitrogens with zero attached hydrogens (tertiary/aromatic N) is 1. The van der Waals surface area contributed by atoms with E-state index in [9.17, 15) is 4.79 Å². The molecule has 1 aliphatic heterocycles. The van der Waals surface area contributed by atoms with Gasteiger partial charge in [0.2, 0.25) is 5.91 Å². The monoisotopic (exact) mass is 396 g/mol. The Morgan fingerprint density at radius 3 is 2.52 bits per heavy atom. The van der Waals surface area contributed by atoms with E-state index in [1.807, 2.05) is 43.3 Å². The van der Waals surface area contributed by atoms with Gasteiger partial charge in [0, 0.05) is 18.8 Å². The maximum Gasteiger partial charge on any atom is 0.242 e. The summed E-state index contributed by atoms with van der Waals surface area (Å²) < 4.78 is 5.56. The van der Waals surface area contributed by atoms with Crippen molar-refractivity contribution < 1.29 is 9.53 Å². The van der Waals surface area contributed by atoms with Gasteiger partial charge in [-0.3, -0.25) is 15.1 Å². The van der Waals surface area contributed by atoms with Gasteiger partial charge in [0.25, 0.3) is 0 Å². The van der Waals surface area contributed by atoms with Crippen molar-refractivity contribution in [2.75, 3.05) is 26.2 Å². The summed E-state index contributed by atoms with van der Waals surface area (Å²) in [5.41, 5.74) is 6.91. The van der Waals surface area contributed by atoms with Crippen LogP contribution >= 0.6 is 0 Å². The van der Waals surface area contributed by atoms with Gasteiger partial charge >= 0.3 is 0 Å². The topological polar surface area (TPSA) is 89.3 Å². The minimum atomic E-state index is -0.973. The number of hydrogen-bond donors (Lipinski definition) is 3. The minimum absolute atomic E-state index is 0.371. The molecule has 0 bridgehead atoms. The van der Waals surface area contributed by atoms with Gasteiger partial charge < -0.3 is 15.8 Å². The number of pyridine rings is 1. The van der Waals surface area contributed by atoms with Crippen LogP contribution in [-0.4, -0.2) is 37.1 Å². The molecule has 0 saturated carbocycles. The summed E-state index contributed by atoms with van der Waals surface area (Å²) in [6.45, 7) is 5.44. The van der Waals surface area contributed by atoms with Crippen LogP contribution in [0, 0.1) is 5.92 Å². The molecule has 1 aromatic carbocycles. The van der Waals surface area contributed by atoms with E-state index >= 15 is 0 Å². The van der Waals surface area contributed by atoms with Crippen LogP contribution in [0.15, 0.2) is 48.8 Å². The molecule has 1 amide bonds. The fourth-order valence-corrected chi connectivity index (χ4v) is 4.05. The molecule has 0 aliphatic carbocycles. The Labute approximate surface area is 173 Å². The number of carbonyl (C=O) groups excluding carboxylic acids is 1. The average Bonchev–Trinajstić information content (AvgIpc) is 2.75. The molecule has 3 rings (SSSR count). The van der Waals surface area contributed by atoms with Crippen LogP contribution in [0.3, 0.4) is 0 Å². The number of piperidine rings is 1. The fraction of sp³-hybridized carbons (Fsp3) is 0.478. The molecule has 1 atom stereocenters. The normalized spacial score (nSPS) is 16.9. The number of benzene rings is 1. The number of aromatic nitrogens is 1. The molecular formula is C23H32N4O2.